The largest absolute Gasteiger partial charge is 0.452 e. The molecule has 2 N–H and O–H groups in total. The fraction of sp³-hybridized carbons (Fsp3) is 0.357. The quantitative estimate of drug-likeness (QED) is 0.825. The molecule has 0 radical (unpaired) electrons. The van der Waals surface area contributed by atoms with Gasteiger partial charge in [-0.15, -0.1) is 0 Å². The number of hydrogen-bond donors (Lipinski definition) is 2. The van der Waals surface area contributed by atoms with Gasteiger partial charge in [0.15, 0.2) is 6.61 Å². The summed E-state index contributed by atoms with van der Waals surface area (Å²) in [5.74, 6) is -1.96. The number of nitrogens with one attached hydrogen (secondary N) is 2. The van der Waals surface area contributed by atoms with Crippen LogP contribution in [0.1, 0.15) is 28.8 Å². The first-order valence-electron chi connectivity index (χ1n) is 6.70. The molecule has 1 aliphatic carbocycles. The molecule has 6 nitrogen and oxygen atoms in total. The van der Waals surface area contributed by atoms with Crippen LogP contribution in [0.5, 0.6) is 0 Å². The van der Waals surface area contributed by atoms with E-state index in [1.54, 1.807) is 0 Å². The molecule has 9 heteroatoms. The van der Waals surface area contributed by atoms with E-state index in [4.69, 9.17) is 0 Å². The number of hydrogen-bond acceptors (Lipinski definition) is 4. The van der Waals surface area contributed by atoms with Gasteiger partial charge in [-0.05, 0) is 31.0 Å². The molecule has 1 aromatic carbocycles. The second-order valence-corrected chi connectivity index (χ2v) is 4.95. The van der Waals surface area contributed by atoms with Crippen LogP contribution in [0.4, 0.5) is 18.0 Å². The molecule has 1 fully saturated rings. The van der Waals surface area contributed by atoms with Gasteiger partial charge in [0.05, 0.1) is 11.1 Å². The molecule has 2 rings (SSSR count). The predicted molar refractivity (Wildman–Crippen MR) is 71.4 cm³/mol. The van der Waals surface area contributed by atoms with Crippen molar-refractivity contribution in [3.63, 3.8) is 0 Å². The molecule has 0 spiro atoms. The number of esters is 1. The number of halogens is 3. The number of alkyl halides is 3. The van der Waals surface area contributed by atoms with Crippen LogP contribution in [-0.4, -0.2) is 30.6 Å². The minimum atomic E-state index is -4.59. The average molecular weight is 330 g/mol. The van der Waals surface area contributed by atoms with Crippen molar-refractivity contribution in [2.75, 3.05) is 6.61 Å². The van der Waals surface area contributed by atoms with Crippen LogP contribution in [0.15, 0.2) is 24.3 Å². The molecule has 1 saturated carbocycles. The topological polar surface area (TPSA) is 84.5 Å². The summed E-state index contributed by atoms with van der Waals surface area (Å²) in [4.78, 5) is 34.3. The average Bonchev–Trinajstić information content (AvgIpc) is 3.27. The number of carbonyl (C=O) groups is 3. The summed E-state index contributed by atoms with van der Waals surface area (Å²) in [6.45, 7) is -0.771. The first-order chi connectivity index (χ1) is 10.8. The van der Waals surface area contributed by atoms with Gasteiger partial charge in [-0.1, -0.05) is 6.07 Å². The number of imide groups is 1. The standard InChI is InChI=1S/C14H13F3N2O4/c15-14(16,17)9-3-1-2-8(6-9)12(21)23-7-11(20)19-13(22)18-10-4-5-10/h1-3,6,10H,4-5,7H2,(H2,18,19,20,22). The van der Waals surface area contributed by atoms with Crippen LogP contribution < -0.4 is 10.6 Å². The van der Waals surface area contributed by atoms with E-state index < -0.39 is 36.3 Å². The second-order valence-electron chi connectivity index (χ2n) is 4.95. The number of ether oxygens (including phenoxy) is 1. The maximum Gasteiger partial charge on any atom is 0.416 e. The Morgan fingerprint density at radius 2 is 1.91 bits per heavy atom. The summed E-state index contributed by atoms with van der Waals surface area (Å²) in [7, 11) is 0. The van der Waals surface area contributed by atoms with Crippen molar-refractivity contribution in [3.8, 4) is 0 Å². The molecule has 0 bridgehead atoms. The minimum Gasteiger partial charge on any atom is -0.452 e. The zero-order chi connectivity index (χ0) is 17.0. The number of rotatable bonds is 4. The Balaban J connectivity index is 1.84. The Morgan fingerprint density at radius 3 is 2.52 bits per heavy atom. The van der Waals surface area contributed by atoms with Crippen LogP contribution in [-0.2, 0) is 15.7 Å². The van der Waals surface area contributed by atoms with Crippen molar-refractivity contribution in [2.24, 2.45) is 0 Å². The van der Waals surface area contributed by atoms with E-state index in [-0.39, 0.29) is 11.6 Å². The highest BCUT2D eigenvalue weighted by atomic mass is 19.4. The number of urea groups is 1. The predicted octanol–water partition coefficient (Wildman–Crippen LogP) is 1.85. The van der Waals surface area contributed by atoms with Crippen LogP contribution >= 0.6 is 0 Å². The molecule has 23 heavy (non-hydrogen) atoms. The first kappa shape index (κ1) is 16.8. The van der Waals surface area contributed by atoms with Gasteiger partial charge in [-0.25, -0.2) is 9.59 Å². The molecule has 124 valence electrons. The van der Waals surface area contributed by atoms with Crippen LogP contribution in [0, 0.1) is 0 Å². The van der Waals surface area contributed by atoms with Crippen molar-refractivity contribution in [3.05, 3.63) is 35.4 Å². The maximum atomic E-state index is 12.5. The van der Waals surface area contributed by atoms with Crippen molar-refractivity contribution in [2.45, 2.75) is 25.1 Å². The highest BCUT2D eigenvalue weighted by Crippen LogP contribution is 2.29. The zero-order valence-corrected chi connectivity index (χ0v) is 11.8. The molecule has 0 unspecified atom stereocenters. The molecule has 0 atom stereocenters. The van der Waals surface area contributed by atoms with Gasteiger partial charge in [0, 0.05) is 6.04 Å². The van der Waals surface area contributed by atoms with Crippen molar-refractivity contribution in [1.82, 2.24) is 10.6 Å². The smallest absolute Gasteiger partial charge is 0.416 e. The summed E-state index contributed by atoms with van der Waals surface area (Å²) in [5.41, 5.74) is -1.34. The molecule has 1 aliphatic rings. The van der Waals surface area contributed by atoms with E-state index in [0.29, 0.717) is 6.07 Å². The third-order valence-corrected chi connectivity index (χ3v) is 2.93. The summed E-state index contributed by atoms with van der Waals surface area (Å²) in [5, 5.41) is 4.44. The summed E-state index contributed by atoms with van der Waals surface area (Å²) in [6, 6.07) is 2.98. The van der Waals surface area contributed by atoms with Crippen LogP contribution in [0.3, 0.4) is 0 Å². The molecule has 0 aromatic heterocycles. The summed E-state index contributed by atoms with van der Waals surface area (Å²) in [6.07, 6.45) is -2.91. The normalized spacial score (nSPS) is 14.0. The lowest BCUT2D eigenvalue weighted by atomic mass is 10.1. The highest BCUT2D eigenvalue weighted by Gasteiger charge is 2.31. The molecule has 0 aliphatic heterocycles. The van der Waals surface area contributed by atoms with E-state index in [9.17, 15) is 27.6 Å². The van der Waals surface area contributed by atoms with E-state index >= 15 is 0 Å². The molecule has 1 aromatic rings. The van der Waals surface area contributed by atoms with Crippen molar-refractivity contribution < 1.29 is 32.3 Å². The third kappa shape index (κ3) is 5.28. The maximum absolute atomic E-state index is 12.5. The Bertz CT molecular complexity index is 627. The number of carbonyl (C=O) groups excluding carboxylic acids is 3. The zero-order valence-electron chi connectivity index (χ0n) is 11.8. The van der Waals surface area contributed by atoms with Crippen LogP contribution in [0.25, 0.3) is 0 Å². The second kappa shape index (κ2) is 6.67. The molecular formula is C14H13F3N2O4. The number of benzene rings is 1. The Labute approximate surface area is 129 Å². The lowest BCUT2D eigenvalue weighted by Gasteiger charge is -2.09. The van der Waals surface area contributed by atoms with Gasteiger partial charge in [-0.3, -0.25) is 10.1 Å². The van der Waals surface area contributed by atoms with Gasteiger partial charge in [0.2, 0.25) is 0 Å². The van der Waals surface area contributed by atoms with E-state index in [2.05, 4.69) is 10.1 Å². The SMILES string of the molecule is O=C(COC(=O)c1cccc(C(F)(F)F)c1)NC(=O)NC1CC1. The van der Waals surface area contributed by atoms with Crippen LogP contribution in [0.2, 0.25) is 0 Å². The first-order valence-corrected chi connectivity index (χ1v) is 6.70. The Hall–Kier alpha value is -2.58. The molecule has 0 saturated heterocycles. The van der Waals surface area contributed by atoms with Gasteiger partial charge in [0.1, 0.15) is 0 Å². The minimum absolute atomic E-state index is 0.0514. The molecular weight excluding hydrogens is 317 g/mol. The fourth-order valence-corrected chi connectivity index (χ4v) is 1.65. The Kier molecular flexibility index (Phi) is 4.87. The lowest BCUT2D eigenvalue weighted by molar-refractivity contribution is -0.137. The summed E-state index contributed by atoms with van der Waals surface area (Å²) >= 11 is 0. The monoisotopic (exact) mass is 330 g/mol. The highest BCUT2D eigenvalue weighted by molar-refractivity contribution is 5.97. The van der Waals surface area contributed by atoms with E-state index in [0.717, 1.165) is 31.0 Å². The fourth-order valence-electron chi connectivity index (χ4n) is 1.65. The van der Waals surface area contributed by atoms with Gasteiger partial charge >= 0.3 is 18.2 Å². The van der Waals surface area contributed by atoms with E-state index in [1.807, 2.05) is 5.32 Å². The molecule has 3 amide bonds. The van der Waals surface area contributed by atoms with Gasteiger partial charge in [0.25, 0.3) is 5.91 Å². The Morgan fingerprint density at radius 1 is 1.22 bits per heavy atom. The van der Waals surface area contributed by atoms with Crippen molar-refractivity contribution >= 4 is 17.9 Å². The summed E-state index contributed by atoms with van der Waals surface area (Å²) < 4.78 is 42.2. The van der Waals surface area contributed by atoms with E-state index in [1.165, 1.54) is 0 Å². The van der Waals surface area contributed by atoms with Gasteiger partial charge in [-0.2, -0.15) is 13.2 Å². The number of amides is 3. The third-order valence-electron chi connectivity index (χ3n) is 2.93. The molecule has 0 heterocycles. The van der Waals surface area contributed by atoms with Gasteiger partial charge < -0.3 is 10.1 Å². The lowest BCUT2D eigenvalue weighted by Crippen LogP contribution is -2.42. The van der Waals surface area contributed by atoms with Crippen molar-refractivity contribution in [1.29, 1.82) is 0 Å².